The predicted molar refractivity (Wildman–Crippen MR) is 110 cm³/mol. The maximum absolute atomic E-state index is 12.9. The average Bonchev–Trinajstić information content (AvgIpc) is 3.16. The molecule has 0 saturated carbocycles. The molecule has 0 spiro atoms. The molecule has 0 atom stereocenters. The summed E-state index contributed by atoms with van der Waals surface area (Å²) in [5.74, 6) is -0.00389. The Labute approximate surface area is 176 Å². The van der Waals surface area contributed by atoms with Gasteiger partial charge in [0.25, 0.3) is 5.91 Å². The van der Waals surface area contributed by atoms with E-state index in [9.17, 15) is 13.2 Å². The van der Waals surface area contributed by atoms with Gasteiger partial charge in [0.1, 0.15) is 0 Å². The Kier molecular flexibility index (Phi) is 7.59. The van der Waals surface area contributed by atoms with E-state index in [1.807, 2.05) is 0 Å². The van der Waals surface area contributed by atoms with Crippen LogP contribution in [-0.4, -0.2) is 64.3 Å². The molecule has 0 saturated heterocycles. The van der Waals surface area contributed by atoms with Gasteiger partial charge in [-0.05, 0) is 49.9 Å². The lowest BCUT2D eigenvalue weighted by atomic mass is 9.97. The fourth-order valence-electron chi connectivity index (χ4n) is 3.33. The Morgan fingerprint density at radius 2 is 1.73 bits per heavy atom. The molecule has 9 nitrogen and oxygen atoms in total. The van der Waals surface area contributed by atoms with Gasteiger partial charge in [0.05, 0.1) is 23.8 Å². The van der Waals surface area contributed by atoms with Crippen LogP contribution in [0.25, 0.3) is 0 Å². The smallest absolute Gasteiger partial charge is 0.258 e. The van der Waals surface area contributed by atoms with Crippen molar-refractivity contribution in [3.05, 3.63) is 41.1 Å². The van der Waals surface area contributed by atoms with Gasteiger partial charge >= 0.3 is 0 Å². The number of hydrogen-bond donors (Lipinski definition) is 1. The van der Waals surface area contributed by atoms with Gasteiger partial charge in [-0.3, -0.25) is 10.1 Å². The zero-order valence-corrected chi connectivity index (χ0v) is 18.0. The van der Waals surface area contributed by atoms with Gasteiger partial charge < -0.3 is 14.0 Å². The van der Waals surface area contributed by atoms with Crippen LogP contribution in [-0.2, 0) is 32.3 Å². The van der Waals surface area contributed by atoms with Crippen molar-refractivity contribution in [1.82, 2.24) is 9.46 Å². The van der Waals surface area contributed by atoms with Gasteiger partial charge in [-0.1, -0.05) is 5.16 Å². The van der Waals surface area contributed by atoms with E-state index in [1.165, 1.54) is 42.8 Å². The van der Waals surface area contributed by atoms with Crippen molar-refractivity contribution in [2.24, 2.45) is 0 Å². The quantitative estimate of drug-likeness (QED) is 0.606. The second kappa shape index (κ2) is 10.2. The molecule has 1 aliphatic rings. The third kappa shape index (κ3) is 5.07. The van der Waals surface area contributed by atoms with E-state index in [0.717, 1.165) is 36.9 Å². The first-order valence-corrected chi connectivity index (χ1v) is 11.3. The highest BCUT2D eigenvalue weighted by Gasteiger charge is 2.25. The molecule has 1 aromatic carbocycles. The second-order valence-corrected chi connectivity index (χ2v) is 8.95. The number of carbonyl (C=O) groups excluding carboxylic acids is 1. The molecule has 0 fully saturated rings. The van der Waals surface area contributed by atoms with E-state index in [-0.39, 0.29) is 37.1 Å². The van der Waals surface area contributed by atoms with Crippen molar-refractivity contribution in [2.45, 2.75) is 30.6 Å². The third-order valence-corrected chi connectivity index (χ3v) is 6.94. The number of anilines is 1. The number of nitrogens with one attached hydrogen (secondary N) is 1. The molecule has 0 aliphatic heterocycles. The van der Waals surface area contributed by atoms with Crippen LogP contribution >= 0.6 is 0 Å². The zero-order valence-electron chi connectivity index (χ0n) is 17.2. The van der Waals surface area contributed by atoms with Gasteiger partial charge in [0, 0.05) is 38.4 Å². The highest BCUT2D eigenvalue weighted by molar-refractivity contribution is 7.89. The van der Waals surface area contributed by atoms with Crippen molar-refractivity contribution in [2.75, 3.05) is 45.8 Å². The van der Waals surface area contributed by atoms with E-state index < -0.39 is 10.0 Å². The molecule has 164 valence electrons. The lowest BCUT2D eigenvalue weighted by Crippen LogP contribution is -2.36. The van der Waals surface area contributed by atoms with Crippen molar-refractivity contribution >= 4 is 21.8 Å². The first kappa shape index (κ1) is 22.4. The van der Waals surface area contributed by atoms with E-state index >= 15 is 0 Å². The summed E-state index contributed by atoms with van der Waals surface area (Å²) in [4.78, 5) is 12.7. The summed E-state index contributed by atoms with van der Waals surface area (Å²) in [6.07, 6.45) is 3.77. The molecule has 1 aliphatic carbocycles. The van der Waals surface area contributed by atoms with Crippen molar-refractivity contribution in [1.29, 1.82) is 0 Å². The average molecular weight is 438 g/mol. The Balaban J connectivity index is 1.72. The van der Waals surface area contributed by atoms with Crippen LogP contribution in [0.5, 0.6) is 0 Å². The minimum Gasteiger partial charge on any atom is -0.383 e. The Hall–Kier alpha value is -2.27. The number of nitrogens with zero attached hydrogens (tertiary/aromatic N) is 2. The van der Waals surface area contributed by atoms with E-state index in [1.54, 1.807) is 0 Å². The molecule has 0 radical (unpaired) electrons. The van der Waals surface area contributed by atoms with Gasteiger partial charge in [-0.15, -0.1) is 0 Å². The van der Waals surface area contributed by atoms with Crippen LogP contribution in [0.4, 0.5) is 5.88 Å². The topological polar surface area (TPSA) is 111 Å². The number of benzene rings is 1. The largest absolute Gasteiger partial charge is 0.383 e. The van der Waals surface area contributed by atoms with Crippen molar-refractivity contribution in [3.63, 3.8) is 0 Å². The molecule has 1 heterocycles. The normalized spacial score (nSPS) is 14.0. The summed E-state index contributed by atoms with van der Waals surface area (Å²) < 4.78 is 42.5. The Bertz CT molecular complexity index is 947. The fraction of sp³-hybridized carbons (Fsp3) is 0.500. The maximum Gasteiger partial charge on any atom is 0.258 e. The van der Waals surface area contributed by atoms with Crippen LogP contribution in [0.3, 0.4) is 0 Å². The van der Waals surface area contributed by atoms with Gasteiger partial charge in [0.15, 0.2) is 0 Å². The fourth-order valence-corrected chi connectivity index (χ4v) is 4.74. The number of hydrogen-bond acceptors (Lipinski definition) is 7. The minimum atomic E-state index is -3.74. The van der Waals surface area contributed by atoms with Gasteiger partial charge in [-0.25, -0.2) is 8.42 Å². The molecule has 3 rings (SSSR count). The number of aryl methyl sites for hydroxylation is 1. The van der Waals surface area contributed by atoms with Crippen LogP contribution < -0.4 is 5.32 Å². The standard InChI is InChI=1S/C20H27N3O6S/c1-27-13-11-23(12-14-28-2)30(25,26)16-9-7-15(8-10-16)19(24)21-20-17-5-3-4-6-18(17)22-29-20/h7-10H,3-6,11-14H2,1-2H3,(H,21,24). The number of methoxy groups -OCH3 is 2. The van der Waals surface area contributed by atoms with E-state index in [0.29, 0.717) is 11.4 Å². The van der Waals surface area contributed by atoms with E-state index in [4.69, 9.17) is 14.0 Å². The number of rotatable bonds is 10. The molecular weight excluding hydrogens is 410 g/mol. The second-order valence-electron chi connectivity index (χ2n) is 7.01. The molecule has 2 aromatic rings. The lowest BCUT2D eigenvalue weighted by molar-refractivity contribution is 0.102. The van der Waals surface area contributed by atoms with Crippen LogP contribution in [0, 0.1) is 0 Å². The summed E-state index contributed by atoms with van der Waals surface area (Å²) in [5, 5.41) is 6.77. The maximum atomic E-state index is 12.9. The molecule has 30 heavy (non-hydrogen) atoms. The highest BCUT2D eigenvalue weighted by atomic mass is 32.2. The molecule has 1 N–H and O–H groups in total. The summed E-state index contributed by atoms with van der Waals surface area (Å²) >= 11 is 0. The first-order chi connectivity index (χ1) is 14.5. The number of aromatic nitrogens is 1. The summed E-state index contributed by atoms with van der Waals surface area (Å²) in [6, 6.07) is 5.81. The summed E-state index contributed by atoms with van der Waals surface area (Å²) in [6.45, 7) is 0.956. The molecule has 0 bridgehead atoms. The number of sulfonamides is 1. The highest BCUT2D eigenvalue weighted by Crippen LogP contribution is 2.28. The zero-order chi connectivity index (χ0) is 21.6. The molecule has 1 aromatic heterocycles. The summed E-state index contributed by atoms with van der Waals surface area (Å²) in [5.41, 5.74) is 2.17. The number of amides is 1. The summed E-state index contributed by atoms with van der Waals surface area (Å²) in [7, 11) is -0.709. The molecule has 10 heteroatoms. The number of carbonyl (C=O) groups is 1. The lowest BCUT2D eigenvalue weighted by Gasteiger charge is -2.21. The Morgan fingerprint density at radius 3 is 2.37 bits per heavy atom. The minimum absolute atomic E-state index is 0.100. The number of ether oxygens (including phenoxy) is 2. The van der Waals surface area contributed by atoms with E-state index in [2.05, 4.69) is 10.5 Å². The SMILES string of the molecule is COCCN(CCOC)S(=O)(=O)c1ccc(C(=O)Nc2onc3c2CCCC3)cc1. The monoisotopic (exact) mass is 437 g/mol. The van der Waals surface area contributed by atoms with Crippen LogP contribution in [0.15, 0.2) is 33.7 Å². The molecule has 1 amide bonds. The Morgan fingerprint density at radius 1 is 1.10 bits per heavy atom. The van der Waals surface area contributed by atoms with Crippen LogP contribution in [0.2, 0.25) is 0 Å². The first-order valence-electron chi connectivity index (χ1n) is 9.84. The van der Waals surface area contributed by atoms with Gasteiger partial charge in [0.2, 0.25) is 15.9 Å². The van der Waals surface area contributed by atoms with Crippen molar-refractivity contribution in [3.8, 4) is 0 Å². The molecular formula is C20H27N3O6S. The van der Waals surface area contributed by atoms with Gasteiger partial charge in [-0.2, -0.15) is 4.31 Å². The third-order valence-electron chi connectivity index (χ3n) is 5.03. The number of fused-ring (bicyclic) bond motifs is 1. The van der Waals surface area contributed by atoms with Crippen molar-refractivity contribution < 1.29 is 27.2 Å². The van der Waals surface area contributed by atoms with Crippen LogP contribution in [0.1, 0.15) is 34.5 Å². The molecule has 0 unspecified atom stereocenters. The predicted octanol–water partition coefficient (Wildman–Crippen LogP) is 2.09.